The molecular formula is C13H16O4. The van der Waals surface area contributed by atoms with Crippen molar-refractivity contribution in [3.8, 4) is 5.75 Å². The highest BCUT2D eigenvalue weighted by atomic mass is 16.5. The number of hydrogen-bond acceptors (Lipinski definition) is 3. The summed E-state index contributed by atoms with van der Waals surface area (Å²) in [7, 11) is 1.52. The van der Waals surface area contributed by atoms with Crippen LogP contribution >= 0.6 is 0 Å². The van der Waals surface area contributed by atoms with Crippen LogP contribution < -0.4 is 4.74 Å². The summed E-state index contributed by atoms with van der Waals surface area (Å²) in [4.78, 5) is 22.0. The summed E-state index contributed by atoms with van der Waals surface area (Å²) >= 11 is 0. The summed E-state index contributed by atoms with van der Waals surface area (Å²) in [5.74, 6) is -0.297. The van der Waals surface area contributed by atoms with Crippen molar-refractivity contribution in [3.63, 3.8) is 0 Å². The first-order valence-corrected chi connectivity index (χ1v) is 5.26. The summed E-state index contributed by atoms with van der Waals surface area (Å²) in [5.41, 5.74) is 0.290. The van der Waals surface area contributed by atoms with E-state index >= 15 is 0 Å². The molecule has 17 heavy (non-hydrogen) atoms. The van der Waals surface area contributed by atoms with Crippen LogP contribution in [-0.4, -0.2) is 24.5 Å². The van der Waals surface area contributed by atoms with E-state index in [0.29, 0.717) is 23.3 Å². The number of carbonyl (C=O) groups excluding carboxylic acids is 1. The molecule has 0 atom stereocenters. The van der Waals surface area contributed by atoms with E-state index in [1.165, 1.54) is 7.11 Å². The van der Waals surface area contributed by atoms with E-state index in [2.05, 4.69) is 0 Å². The summed E-state index contributed by atoms with van der Waals surface area (Å²) in [6.07, 6.45) is 1.02. The van der Waals surface area contributed by atoms with E-state index in [1.54, 1.807) is 32.0 Å². The number of ether oxygens (including phenoxy) is 1. The van der Waals surface area contributed by atoms with E-state index in [1.807, 2.05) is 0 Å². The van der Waals surface area contributed by atoms with Gasteiger partial charge >= 0.3 is 5.97 Å². The minimum absolute atomic E-state index is 0.306. The van der Waals surface area contributed by atoms with Crippen molar-refractivity contribution in [3.05, 3.63) is 29.3 Å². The molecule has 0 bridgehead atoms. The largest absolute Gasteiger partial charge is 0.497 e. The lowest BCUT2D eigenvalue weighted by Gasteiger charge is -2.20. The monoisotopic (exact) mass is 236 g/mol. The molecule has 4 nitrogen and oxygen atoms in total. The number of benzene rings is 1. The van der Waals surface area contributed by atoms with Crippen LogP contribution in [0, 0.1) is 5.41 Å². The minimum atomic E-state index is -0.896. The molecule has 0 aliphatic rings. The molecular weight excluding hydrogens is 220 g/mol. The molecule has 0 aromatic heterocycles. The lowest BCUT2D eigenvalue weighted by Crippen LogP contribution is -2.26. The minimum Gasteiger partial charge on any atom is -0.497 e. The van der Waals surface area contributed by atoms with Crippen LogP contribution in [0.1, 0.15) is 29.8 Å². The third kappa shape index (κ3) is 3.06. The smallest absolute Gasteiger partial charge is 0.309 e. The van der Waals surface area contributed by atoms with Crippen LogP contribution in [0.15, 0.2) is 18.2 Å². The Morgan fingerprint density at radius 1 is 1.47 bits per heavy atom. The van der Waals surface area contributed by atoms with Gasteiger partial charge in [0.05, 0.1) is 12.5 Å². The second-order valence-electron chi connectivity index (χ2n) is 4.55. The lowest BCUT2D eigenvalue weighted by molar-refractivity contribution is -0.146. The predicted molar refractivity (Wildman–Crippen MR) is 63.5 cm³/mol. The van der Waals surface area contributed by atoms with Gasteiger partial charge in [-0.2, -0.15) is 0 Å². The van der Waals surface area contributed by atoms with Crippen LogP contribution in [0.2, 0.25) is 0 Å². The van der Waals surface area contributed by atoms with Gasteiger partial charge in [-0.05, 0) is 38.0 Å². The normalized spacial score (nSPS) is 11.0. The second-order valence-corrected chi connectivity index (χ2v) is 4.55. The molecule has 0 spiro atoms. The first-order valence-electron chi connectivity index (χ1n) is 5.26. The van der Waals surface area contributed by atoms with E-state index in [9.17, 15) is 9.59 Å². The highest BCUT2D eigenvalue weighted by molar-refractivity contribution is 5.79. The number of hydrogen-bond donors (Lipinski definition) is 1. The Balaban J connectivity index is 3.07. The summed E-state index contributed by atoms with van der Waals surface area (Å²) in [5, 5.41) is 9.05. The number of carbonyl (C=O) groups is 2. The average Bonchev–Trinajstić information content (AvgIpc) is 2.29. The Bertz CT molecular complexity index is 435. The fourth-order valence-corrected chi connectivity index (χ4v) is 1.52. The number of methoxy groups -OCH3 is 1. The Labute approximate surface area is 100 Å². The number of carboxylic acids is 1. The molecule has 1 N–H and O–H groups in total. The van der Waals surface area contributed by atoms with Gasteiger partial charge in [0.15, 0.2) is 0 Å². The Morgan fingerprint density at radius 3 is 2.59 bits per heavy atom. The van der Waals surface area contributed by atoms with Gasteiger partial charge in [-0.1, -0.05) is 6.07 Å². The van der Waals surface area contributed by atoms with E-state index in [-0.39, 0.29) is 0 Å². The molecule has 0 radical (unpaired) electrons. The van der Waals surface area contributed by atoms with Crippen molar-refractivity contribution >= 4 is 12.3 Å². The third-order valence-electron chi connectivity index (χ3n) is 2.69. The lowest BCUT2D eigenvalue weighted by atomic mass is 9.84. The summed E-state index contributed by atoms with van der Waals surface area (Å²) < 4.78 is 5.01. The molecule has 1 rings (SSSR count). The molecule has 0 heterocycles. The van der Waals surface area contributed by atoms with Gasteiger partial charge in [0.1, 0.15) is 12.0 Å². The van der Waals surface area contributed by atoms with E-state index in [4.69, 9.17) is 9.84 Å². The summed E-state index contributed by atoms with van der Waals surface area (Å²) in [6.45, 7) is 3.27. The van der Waals surface area contributed by atoms with Gasteiger partial charge in [0.25, 0.3) is 0 Å². The SMILES string of the molecule is COc1ccc(CC(C)(C)C(=O)O)c(C=O)c1. The molecule has 4 heteroatoms. The second kappa shape index (κ2) is 4.99. The quantitative estimate of drug-likeness (QED) is 0.796. The number of carboxylic acid groups (broad SMARTS) is 1. The fourth-order valence-electron chi connectivity index (χ4n) is 1.52. The van der Waals surface area contributed by atoms with Gasteiger partial charge in [-0.15, -0.1) is 0 Å². The maximum Gasteiger partial charge on any atom is 0.309 e. The molecule has 0 amide bonds. The number of aliphatic carboxylic acids is 1. The van der Waals surface area contributed by atoms with Crippen LogP contribution in [0.5, 0.6) is 5.75 Å². The van der Waals surface area contributed by atoms with Crippen LogP contribution in [0.25, 0.3) is 0 Å². The van der Waals surface area contributed by atoms with Crippen molar-refractivity contribution in [1.82, 2.24) is 0 Å². The van der Waals surface area contributed by atoms with Crippen molar-refractivity contribution in [2.45, 2.75) is 20.3 Å². The zero-order valence-electron chi connectivity index (χ0n) is 10.2. The van der Waals surface area contributed by atoms with Crippen molar-refractivity contribution in [2.24, 2.45) is 5.41 Å². The van der Waals surface area contributed by atoms with Gasteiger partial charge < -0.3 is 9.84 Å². The van der Waals surface area contributed by atoms with Crippen LogP contribution in [0.4, 0.5) is 0 Å². The first-order chi connectivity index (χ1) is 7.90. The first kappa shape index (κ1) is 13.2. The highest BCUT2D eigenvalue weighted by Gasteiger charge is 2.28. The van der Waals surface area contributed by atoms with E-state index in [0.717, 1.165) is 6.29 Å². The average molecular weight is 236 g/mol. The topological polar surface area (TPSA) is 63.6 Å². The molecule has 0 saturated heterocycles. The van der Waals surface area contributed by atoms with Gasteiger partial charge in [0.2, 0.25) is 0 Å². The standard InChI is InChI=1S/C13H16O4/c1-13(2,12(15)16)7-9-4-5-11(17-3)6-10(9)8-14/h4-6,8H,7H2,1-3H3,(H,15,16). The maximum atomic E-state index is 11.0. The molecule has 0 fully saturated rings. The highest BCUT2D eigenvalue weighted by Crippen LogP contribution is 2.25. The summed E-state index contributed by atoms with van der Waals surface area (Å²) in [6, 6.07) is 5.06. The van der Waals surface area contributed by atoms with Crippen molar-refractivity contribution in [2.75, 3.05) is 7.11 Å². The molecule has 0 aliphatic heterocycles. The number of aldehydes is 1. The van der Waals surface area contributed by atoms with Gasteiger partial charge in [0, 0.05) is 5.56 Å². The van der Waals surface area contributed by atoms with Crippen LogP contribution in [0.3, 0.4) is 0 Å². The third-order valence-corrected chi connectivity index (χ3v) is 2.69. The molecule has 0 aliphatic carbocycles. The van der Waals surface area contributed by atoms with Crippen LogP contribution in [-0.2, 0) is 11.2 Å². The van der Waals surface area contributed by atoms with Gasteiger partial charge in [-0.25, -0.2) is 0 Å². The number of rotatable bonds is 5. The Kier molecular flexibility index (Phi) is 3.89. The predicted octanol–water partition coefficient (Wildman–Crippen LogP) is 2.16. The molecule has 92 valence electrons. The Morgan fingerprint density at radius 2 is 2.12 bits per heavy atom. The van der Waals surface area contributed by atoms with Crippen molar-refractivity contribution < 1.29 is 19.4 Å². The maximum absolute atomic E-state index is 11.0. The van der Waals surface area contributed by atoms with E-state index < -0.39 is 11.4 Å². The zero-order valence-corrected chi connectivity index (χ0v) is 10.2. The van der Waals surface area contributed by atoms with Gasteiger partial charge in [-0.3, -0.25) is 9.59 Å². The zero-order chi connectivity index (χ0) is 13.1. The van der Waals surface area contributed by atoms with Crippen molar-refractivity contribution in [1.29, 1.82) is 0 Å². The molecule has 0 saturated carbocycles. The molecule has 1 aromatic rings. The fraction of sp³-hybridized carbons (Fsp3) is 0.385. The molecule has 0 unspecified atom stereocenters. The molecule has 1 aromatic carbocycles. The Hall–Kier alpha value is -1.84.